The number of ether oxygens (including phenoxy) is 2. The fourth-order valence-corrected chi connectivity index (χ4v) is 7.40. The van der Waals surface area contributed by atoms with Gasteiger partial charge in [-0.2, -0.15) is 0 Å². The summed E-state index contributed by atoms with van der Waals surface area (Å²) >= 11 is 0. The van der Waals surface area contributed by atoms with Crippen molar-refractivity contribution in [2.24, 2.45) is 0 Å². The normalized spacial score (nSPS) is 31.9. The first kappa shape index (κ1) is 44.5. The molecule has 11 atom stereocenters. The van der Waals surface area contributed by atoms with Crippen LogP contribution in [-0.4, -0.2) is 114 Å². The van der Waals surface area contributed by atoms with Gasteiger partial charge in [-0.15, -0.1) is 0 Å². The molecule has 1 amide bonds. The van der Waals surface area contributed by atoms with E-state index >= 15 is 0 Å². The Morgan fingerprint density at radius 1 is 1.04 bits per heavy atom. The van der Waals surface area contributed by atoms with Gasteiger partial charge in [0, 0.05) is 19.2 Å². The summed E-state index contributed by atoms with van der Waals surface area (Å²) in [7, 11) is -10.4. The zero-order chi connectivity index (χ0) is 33.0. The Labute approximate surface area is 310 Å². The molecule has 46 heavy (non-hydrogen) atoms. The van der Waals surface area contributed by atoms with Gasteiger partial charge in [0.15, 0.2) is 17.6 Å². The number of phosphoric acid groups is 2. The SMILES string of the molecule is CC(=O)SSCC(=O)N[C@H]1[C@@H](OP(=O)([O-])OP(=O)([O-])OC[C@H]2O[C@@H](n3ccc(=O)[nH]c3=O)[C@H](O)[C@@H]2O)O[C@H](CO)[C@H](O)[C@@H]1O.[Na+].[Na+]. The van der Waals surface area contributed by atoms with E-state index in [1.807, 2.05) is 4.98 Å². The first-order chi connectivity index (χ1) is 20.4. The van der Waals surface area contributed by atoms with Crippen LogP contribution in [0.2, 0.25) is 0 Å². The van der Waals surface area contributed by atoms with Crippen molar-refractivity contribution >= 4 is 48.3 Å². The van der Waals surface area contributed by atoms with Gasteiger partial charge in [-0.1, -0.05) is 10.8 Å². The molecular weight excluding hydrogens is 730 g/mol. The van der Waals surface area contributed by atoms with Gasteiger partial charge >= 0.3 is 64.8 Å². The molecule has 1 aromatic heterocycles. The van der Waals surface area contributed by atoms with Crippen LogP contribution in [0.3, 0.4) is 0 Å². The summed E-state index contributed by atoms with van der Waals surface area (Å²) in [4.78, 5) is 73.2. The third-order valence-corrected chi connectivity index (χ3v) is 10.5. The number of H-pyrrole nitrogens is 1. The van der Waals surface area contributed by atoms with Gasteiger partial charge in [-0.05, 0) is 10.8 Å². The molecule has 3 rings (SSSR count). The minimum absolute atomic E-state index is 0. The number of aliphatic hydroxyl groups excluding tert-OH is 5. The fraction of sp³-hybridized carbons (Fsp3) is 0.684. The van der Waals surface area contributed by atoms with Crippen LogP contribution in [0.1, 0.15) is 13.2 Å². The number of phosphoric ester groups is 2. The Kier molecular flexibility index (Phi) is 18.6. The standard InChI is InChI=1S/C19H29N3O18P2S2.2Na/c1-7(24)44-43-6-11(26)20-12-15(29)13(27)8(4-23)38-18(12)39-42(34,35)40-41(32,33)36-5-9-14(28)16(30)17(37-9)22-3-2-10(25)21-19(22)31;;/h2-3,8-9,12-18,23,27-30H,4-6H2,1H3,(H,20,26)(H,32,33)(H,34,35)(H,21,25,31);;/q;2*+1/p-2/t8-,9-,12-,13+,14-,15-,16-,17-,18-;;/m1../s1. The summed E-state index contributed by atoms with van der Waals surface area (Å²) in [5, 5.41) is 52.1. The maximum Gasteiger partial charge on any atom is 1.00 e. The fourth-order valence-electron chi connectivity index (χ4n) is 3.90. The van der Waals surface area contributed by atoms with Crippen molar-refractivity contribution in [3.63, 3.8) is 0 Å². The monoisotopic (exact) mass is 757 g/mol. The average Bonchev–Trinajstić information content (AvgIpc) is 3.19. The Morgan fingerprint density at radius 2 is 1.67 bits per heavy atom. The van der Waals surface area contributed by atoms with Gasteiger partial charge < -0.3 is 54.6 Å². The van der Waals surface area contributed by atoms with Gasteiger partial charge in [-0.3, -0.25) is 37.6 Å². The Morgan fingerprint density at radius 3 is 2.26 bits per heavy atom. The maximum absolute atomic E-state index is 12.5. The van der Waals surface area contributed by atoms with E-state index in [9.17, 15) is 63.6 Å². The molecule has 2 unspecified atom stereocenters. The molecule has 21 nitrogen and oxygen atoms in total. The van der Waals surface area contributed by atoms with Crippen LogP contribution < -0.4 is 85.5 Å². The quantitative estimate of drug-likeness (QED) is 0.0558. The number of carbonyl (C=O) groups is 2. The zero-order valence-electron chi connectivity index (χ0n) is 24.2. The molecule has 0 radical (unpaired) electrons. The summed E-state index contributed by atoms with van der Waals surface area (Å²) in [5.41, 5.74) is -1.81. The van der Waals surface area contributed by atoms with Gasteiger partial charge in [0.2, 0.25) is 5.91 Å². The molecule has 3 heterocycles. The molecule has 250 valence electrons. The number of nitrogens with zero attached hydrogens (tertiary/aromatic N) is 1. The van der Waals surface area contributed by atoms with Gasteiger partial charge in [0.1, 0.15) is 42.7 Å². The van der Waals surface area contributed by atoms with Crippen molar-refractivity contribution in [3.8, 4) is 0 Å². The Balaban J connectivity index is 0.00000529. The third kappa shape index (κ3) is 12.4. The topological polar surface area (TPSA) is 329 Å². The Bertz CT molecular complexity index is 1410. The van der Waals surface area contributed by atoms with E-state index in [4.69, 9.17) is 9.47 Å². The van der Waals surface area contributed by atoms with Crippen LogP contribution in [0.15, 0.2) is 21.9 Å². The first-order valence-electron chi connectivity index (χ1n) is 12.2. The van der Waals surface area contributed by atoms with Gasteiger partial charge in [-0.25, -0.2) is 9.11 Å². The Hall–Kier alpha value is 0.500. The molecule has 2 aliphatic rings. The van der Waals surface area contributed by atoms with Crippen molar-refractivity contribution in [2.75, 3.05) is 19.0 Å². The van der Waals surface area contributed by atoms with Crippen LogP contribution in [-0.2, 0) is 41.6 Å². The summed E-state index contributed by atoms with van der Waals surface area (Å²) in [5.74, 6) is -1.28. The second-order valence-electron chi connectivity index (χ2n) is 9.08. The molecule has 1 aromatic rings. The molecule has 0 aliphatic carbocycles. The molecule has 2 saturated heterocycles. The number of rotatable bonds is 13. The third-order valence-electron chi connectivity index (χ3n) is 5.87. The number of aliphatic hydroxyl groups is 5. The van der Waals surface area contributed by atoms with Crippen molar-refractivity contribution in [3.05, 3.63) is 33.1 Å². The second kappa shape index (κ2) is 19.2. The molecule has 2 aliphatic heterocycles. The molecule has 0 saturated carbocycles. The predicted molar refractivity (Wildman–Crippen MR) is 141 cm³/mol. The number of hydrogen-bond acceptors (Lipinski definition) is 20. The molecule has 27 heteroatoms. The number of hydrogen-bond donors (Lipinski definition) is 7. The molecule has 7 N–H and O–H groups in total. The smallest absolute Gasteiger partial charge is 0.756 e. The summed E-state index contributed by atoms with van der Waals surface area (Å²) in [6.07, 6.45) is -13.8. The number of aromatic nitrogens is 2. The number of amides is 1. The van der Waals surface area contributed by atoms with Crippen molar-refractivity contribution < 1.29 is 136 Å². The molecule has 0 bridgehead atoms. The summed E-state index contributed by atoms with van der Waals surface area (Å²) < 4.78 is 48.8. The van der Waals surface area contributed by atoms with E-state index < -0.39 is 107 Å². The minimum atomic E-state index is -6.03. The van der Waals surface area contributed by atoms with Crippen LogP contribution in [0.25, 0.3) is 0 Å². The number of aromatic amines is 1. The molecule has 0 spiro atoms. The van der Waals surface area contributed by atoms with Gasteiger partial charge in [0.25, 0.3) is 21.2 Å². The largest absolute Gasteiger partial charge is 1.00 e. The first-order valence-corrected chi connectivity index (χ1v) is 17.4. The molecule has 0 aromatic carbocycles. The van der Waals surface area contributed by atoms with Crippen LogP contribution in [0, 0.1) is 0 Å². The summed E-state index contributed by atoms with van der Waals surface area (Å²) in [6.45, 7) is -0.896. The molecular formula is C19H27N3Na2O18P2S2. The zero-order valence-corrected chi connectivity index (χ0v) is 31.6. The van der Waals surface area contributed by atoms with E-state index in [1.54, 1.807) is 0 Å². The molecule has 2 fully saturated rings. The van der Waals surface area contributed by atoms with E-state index in [0.717, 1.165) is 23.1 Å². The van der Waals surface area contributed by atoms with E-state index in [2.05, 4.69) is 18.7 Å². The second-order valence-corrected chi connectivity index (χ2v) is 14.5. The number of nitrogens with one attached hydrogen (secondary N) is 2. The van der Waals surface area contributed by atoms with Gasteiger partial charge in [0.05, 0.1) is 19.0 Å². The van der Waals surface area contributed by atoms with Crippen molar-refractivity contribution in [1.82, 2.24) is 14.9 Å². The summed E-state index contributed by atoms with van der Waals surface area (Å²) in [6, 6.07) is -0.960. The minimum Gasteiger partial charge on any atom is -0.756 e. The van der Waals surface area contributed by atoms with Crippen molar-refractivity contribution in [2.45, 2.75) is 62.1 Å². The average molecular weight is 757 g/mol. The maximum atomic E-state index is 12.5. The van der Waals surface area contributed by atoms with E-state index in [-0.39, 0.29) is 64.2 Å². The van der Waals surface area contributed by atoms with Crippen LogP contribution >= 0.6 is 37.2 Å². The predicted octanol–water partition coefficient (Wildman–Crippen LogP) is -11.0. The van der Waals surface area contributed by atoms with E-state index in [0.29, 0.717) is 15.4 Å². The number of carbonyl (C=O) groups excluding carboxylic acids is 2. The van der Waals surface area contributed by atoms with Crippen LogP contribution in [0.4, 0.5) is 0 Å². The van der Waals surface area contributed by atoms with Crippen LogP contribution in [0.5, 0.6) is 0 Å². The van der Waals surface area contributed by atoms with E-state index in [1.165, 1.54) is 6.92 Å². The van der Waals surface area contributed by atoms with Crippen molar-refractivity contribution in [1.29, 1.82) is 0 Å².